The first-order valence-electron chi connectivity index (χ1n) is 8.46. The molecule has 126 valence electrons. The van der Waals surface area contributed by atoms with E-state index in [2.05, 4.69) is 68.7 Å². The van der Waals surface area contributed by atoms with Crippen LogP contribution in [0.2, 0.25) is 0 Å². The van der Waals surface area contributed by atoms with Crippen molar-refractivity contribution >= 4 is 17.3 Å². The van der Waals surface area contributed by atoms with Gasteiger partial charge in [0.15, 0.2) is 0 Å². The van der Waals surface area contributed by atoms with Crippen molar-refractivity contribution in [3.8, 4) is 0 Å². The third-order valence-electron chi connectivity index (χ3n) is 5.06. The van der Waals surface area contributed by atoms with E-state index in [1.165, 1.54) is 22.3 Å². The van der Waals surface area contributed by atoms with Gasteiger partial charge < -0.3 is 10.6 Å². The number of carbonyl (C=O) groups excluding carboxylic acids is 1. The highest BCUT2D eigenvalue weighted by Crippen LogP contribution is 2.45. The van der Waals surface area contributed by atoms with E-state index in [0.717, 1.165) is 16.9 Å². The molecule has 1 aliphatic rings. The van der Waals surface area contributed by atoms with Crippen molar-refractivity contribution in [1.29, 1.82) is 0 Å². The van der Waals surface area contributed by atoms with Crippen LogP contribution in [0, 0.1) is 33.1 Å². The van der Waals surface area contributed by atoms with E-state index in [-0.39, 0.29) is 11.9 Å². The lowest BCUT2D eigenvalue weighted by atomic mass is 9.75. The number of aryl methyl sites for hydroxylation is 4. The van der Waals surface area contributed by atoms with Gasteiger partial charge in [0.05, 0.1) is 11.5 Å². The summed E-state index contributed by atoms with van der Waals surface area (Å²) in [6.45, 7) is 12.4. The molecule has 3 heteroatoms. The van der Waals surface area contributed by atoms with Gasteiger partial charge in [-0.3, -0.25) is 4.79 Å². The normalized spacial score (nSPS) is 18.8. The highest BCUT2D eigenvalue weighted by Gasteiger charge is 2.43. The monoisotopic (exact) mass is 322 g/mol. The minimum absolute atomic E-state index is 0.0557. The number of benzene rings is 2. The van der Waals surface area contributed by atoms with Crippen LogP contribution < -0.4 is 10.6 Å². The maximum atomic E-state index is 12.7. The predicted molar refractivity (Wildman–Crippen MR) is 101 cm³/mol. The number of rotatable bonds is 2. The summed E-state index contributed by atoms with van der Waals surface area (Å²) in [5, 5.41) is 6.70. The van der Waals surface area contributed by atoms with E-state index in [1.807, 2.05) is 13.8 Å². The summed E-state index contributed by atoms with van der Waals surface area (Å²) in [4.78, 5) is 12.7. The highest BCUT2D eigenvalue weighted by atomic mass is 16.2. The molecule has 0 aliphatic carbocycles. The lowest BCUT2D eigenvalue weighted by molar-refractivity contribution is -0.125. The Morgan fingerprint density at radius 1 is 0.917 bits per heavy atom. The molecule has 0 bridgehead atoms. The number of hydrogen-bond donors (Lipinski definition) is 2. The lowest BCUT2D eigenvalue weighted by Crippen LogP contribution is -2.43. The smallest absolute Gasteiger partial charge is 0.232 e. The van der Waals surface area contributed by atoms with Gasteiger partial charge in [0.1, 0.15) is 0 Å². The molecule has 0 fully saturated rings. The van der Waals surface area contributed by atoms with Crippen molar-refractivity contribution in [1.82, 2.24) is 0 Å². The summed E-state index contributed by atoms with van der Waals surface area (Å²) in [5.74, 6) is 0.0557. The molecule has 2 aromatic carbocycles. The fourth-order valence-corrected chi connectivity index (χ4v) is 3.47. The maximum Gasteiger partial charge on any atom is 0.232 e. The molecule has 1 unspecified atom stereocenters. The summed E-state index contributed by atoms with van der Waals surface area (Å²) in [6.07, 6.45) is 0. The molecule has 0 spiro atoms. The van der Waals surface area contributed by atoms with Crippen LogP contribution in [0.5, 0.6) is 0 Å². The Kier molecular flexibility index (Phi) is 3.90. The molecule has 1 amide bonds. The summed E-state index contributed by atoms with van der Waals surface area (Å²) < 4.78 is 0. The van der Waals surface area contributed by atoms with Gasteiger partial charge in [0.25, 0.3) is 0 Å². The van der Waals surface area contributed by atoms with Gasteiger partial charge in [-0.25, -0.2) is 0 Å². The van der Waals surface area contributed by atoms with Gasteiger partial charge in [0, 0.05) is 11.4 Å². The molecule has 2 N–H and O–H groups in total. The second-order valence-electron chi connectivity index (χ2n) is 7.65. The van der Waals surface area contributed by atoms with Gasteiger partial charge in [0.2, 0.25) is 5.91 Å². The maximum absolute atomic E-state index is 12.7. The second kappa shape index (κ2) is 5.66. The predicted octanol–water partition coefficient (Wildman–Crippen LogP) is 5.05. The number of fused-ring (bicyclic) bond motifs is 1. The zero-order valence-electron chi connectivity index (χ0n) is 15.4. The highest BCUT2D eigenvalue weighted by molar-refractivity contribution is 5.99. The van der Waals surface area contributed by atoms with Gasteiger partial charge in [-0.2, -0.15) is 0 Å². The first kappa shape index (κ1) is 16.6. The van der Waals surface area contributed by atoms with E-state index < -0.39 is 5.41 Å². The van der Waals surface area contributed by atoms with E-state index >= 15 is 0 Å². The molecule has 1 heterocycles. The van der Waals surface area contributed by atoms with Crippen molar-refractivity contribution < 1.29 is 4.79 Å². The summed E-state index contributed by atoms with van der Waals surface area (Å²) in [6, 6.07) is 10.6. The van der Waals surface area contributed by atoms with Crippen molar-refractivity contribution in [2.75, 3.05) is 10.6 Å². The van der Waals surface area contributed by atoms with E-state index in [1.54, 1.807) is 0 Å². The van der Waals surface area contributed by atoms with Crippen LogP contribution in [0.3, 0.4) is 0 Å². The number of nitrogens with one attached hydrogen (secondary N) is 2. The average molecular weight is 322 g/mol. The van der Waals surface area contributed by atoms with Gasteiger partial charge in [-0.05, 0) is 87.6 Å². The molecule has 1 aliphatic heterocycles. The van der Waals surface area contributed by atoms with E-state index in [9.17, 15) is 4.79 Å². The Morgan fingerprint density at radius 3 is 2.12 bits per heavy atom. The summed E-state index contributed by atoms with van der Waals surface area (Å²) in [5.41, 5.74) is 7.47. The fraction of sp³-hybridized carbons (Fsp3) is 0.381. The van der Waals surface area contributed by atoms with Gasteiger partial charge in [-0.15, -0.1) is 0 Å². The molecule has 0 saturated carbocycles. The SMILES string of the molecule is Cc1cc(C)cc(NC2c3cc(C)c(C)cc3NC(=O)C2(C)C)c1. The van der Waals surface area contributed by atoms with Crippen molar-refractivity contribution in [2.24, 2.45) is 5.41 Å². The topological polar surface area (TPSA) is 41.1 Å². The lowest BCUT2D eigenvalue weighted by Gasteiger charge is -2.40. The average Bonchev–Trinajstić information content (AvgIpc) is 2.46. The molecule has 24 heavy (non-hydrogen) atoms. The molecule has 0 saturated heterocycles. The number of carbonyl (C=O) groups is 1. The Labute approximate surface area is 144 Å². The Bertz CT molecular complexity index is 801. The third kappa shape index (κ3) is 2.79. The third-order valence-corrected chi connectivity index (χ3v) is 5.06. The molecular weight excluding hydrogens is 296 g/mol. The molecular formula is C21H26N2O. The Hall–Kier alpha value is -2.29. The molecule has 1 atom stereocenters. The van der Waals surface area contributed by atoms with Crippen molar-refractivity contribution in [3.63, 3.8) is 0 Å². The first-order valence-corrected chi connectivity index (χ1v) is 8.46. The quantitative estimate of drug-likeness (QED) is 0.812. The molecule has 3 nitrogen and oxygen atoms in total. The van der Waals surface area contributed by atoms with Crippen LogP contribution >= 0.6 is 0 Å². The molecule has 0 radical (unpaired) electrons. The van der Waals surface area contributed by atoms with Gasteiger partial charge >= 0.3 is 0 Å². The van der Waals surface area contributed by atoms with E-state index in [0.29, 0.717) is 0 Å². The standard InChI is InChI=1S/C21H26N2O/c1-12-7-13(2)9-16(8-12)22-19-17-10-14(3)15(4)11-18(17)23-20(24)21(19,5)6/h7-11,19,22H,1-6H3,(H,23,24). The van der Waals surface area contributed by atoms with Crippen molar-refractivity contribution in [3.05, 3.63) is 58.1 Å². The molecule has 0 aromatic heterocycles. The van der Waals surface area contributed by atoms with Crippen LogP contribution in [0.25, 0.3) is 0 Å². The molecule has 2 aromatic rings. The van der Waals surface area contributed by atoms with Crippen molar-refractivity contribution in [2.45, 2.75) is 47.6 Å². The molecule has 3 rings (SSSR count). The summed E-state index contributed by atoms with van der Waals surface area (Å²) >= 11 is 0. The summed E-state index contributed by atoms with van der Waals surface area (Å²) in [7, 11) is 0. The van der Waals surface area contributed by atoms with E-state index in [4.69, 9.17) is 0 Å². The number of amides is 1. The zero-order chi connectivity index (χ0) is 17.6. The van der Waals surface area contributed by atoms with Gasteiger partial charge in [-0.1, -0.05) is 12.1 Å². The Morgan fingerprint density at radius 2 is 1.50 bits per heavy atom. The fourth-order valence-electron chi connectivity index (χ4n) is 3.47. The van der Waals surface area contributed by atoms with Crippen LogP contribution in [0.15, 0.2) is 30.3 Å². The zero-order valence-corrected chi connectivity index (χ0v) is 15.4. The minimum Gasteiger partial charge on any atom is -0.377 e. The van der Waals surface area contributed by atoms with Crippen LogP contribution in [0.4, 0.5) is 11.4 Å². The minimum atomic E-state index is -0.535. The number of anilines is 2. The van der Waals surface area contributed by atoms with Crippen LogP contribution in [-0.4, -0.2) is 5.91 Å². The number of hydrogen-bond acceptors (Lipinski definition) is 2. The Balaban J connectivity index is 2.10. The first-order chi connectivity index (χ1) is 11.2. The largest absolute Gasteiger partial charge is 0.377 e. The van der Waals surface area contributed by atoms with Crippen LogP contribution in [-0.2, 0) is 4.79 Å². The van der Waals surface area contributed by atoms with Crippen LogP contribution in [0.1, 0.15) is 47.7 Å². The second-order valence-corrected chi connectivity index (χ2v) is 7.65.